The van der Waals surface area contributed by atoms with Gasteiger partial charge in [-0.2, -0.15) is 0 Å². The highest BCUT2D eigenvalue weighted by molar-refractivity contribution is 5.79. The van der Waals surface area contributed by atoms with E-state index in [1.165, 1.54) is 24.0 Å². The van der Waals surface area contributed by atoms with Gasteiger partial charge in [-0.15, -0.1) is 0 Å². The highest BCUT2D eigenvalue weighted by Gasteiger charge is 2.33. The number of carbonyl (C=O) groups is 1. The largest absolute Gasteiger partial charge is 0.395 e. The van der Waals surface area contributed by atoms with Gasteiger partial charge in [0.2, 0.25) is 5.91 Å². The predicted octanol–water partition coefficient (Wildman–Crippen LogP) is 2.12. The number of nitrogens with zero attached hydrogens (tertiary/aromatic N) is 3. The molecule has 0 saturated carbocycles. The standard InChI is InChI=1S/C22H35N3O2/c1-18-6-3-4-7-19(18)16-25(14-15-26)22(27)20-8-5-11-24(17-20)21-9-12-23(2)13-10-21/h3-4,6-7,20-21,26H,5,8-17H2,1-2H3/t20-/m0/s1. The number of rotatable bonds is 6. The summed E-state index contributed by atoms with van der Waals surface area (Å²) in [5, 5.41) is 9.50. The molecule has 0 aromatic heterocycles. The summed E-state index contributed by atoms with van der Waals surface area (Å²) in [5.41, 5.74) is 2.37. The summed E-state index contributed by atoms with van der Waals surface area (Å²) in [7, 11) is 2.19. The lowest BCUT2D eigenvalue weighted by molar-refractivity contribution is -0.139. The van der Waals surface area contributed by atoms with Crippen LogP contribution in [-0.4, -0.2) is 78.1 Å². The Bertz CT molecular complexity index is 613. The van der Waals surface area contributed by atoms with E-state index >= 15 is 0 Å². The second-order valence-corrected chi connectivity index (χ2v) is 8.28. The van der Waals surface area contributed by atoms with E-state index in [0.717, 1.165) is 39.0 Å². The van der Waals surface area contributed by atoms with Gasteiger partial charge in [0.1, 0.15) is 0 Å². The molecule has 3 rings (SSSR count). The van der Waals surface area contributed by atoms with Gasteiger partial charge in [0.15, 0.2) is 0 Å². The first-order valence-electron chi connectivity index (χ1n) is 10.4. The van der Waals surface area contributed by atoms with Crippen LogP contribution in [0.5, 0.6) is 0 Å². The molecule has 2 fully saturated rings. The SMILES string of the molecule is Cc1ccccc1CN(CCO)C(=O)[C@H]1CCCN(C2CCN(C)CC2)C1. The van der Waals surface area contributed by atoms with Gasteiger partial charge in [0.05, 0.1) is 12.5 Å². The van der Waals surface area contributed by atoms with Crippen molar-refractivity contribution in [3.8, 4) is 0 Å². The first-order valence-corrected chi connectivity index (χ1v) is 10.4. The molecular formula is C22H35N3O2. The molecule has 0 radical (unpaired) electrons. The number of likely N-dealkylation sites (tertiary alicyclic amines) is 2. The van der Waals surface area contributed by atoms with Crippen molar-refractivity contribution in [3.05, 3.63) is 35.4 Å². The lowest BCUT2D eigenvalue weighted by atomic mass is 9.92. The van der Waals surface area contributed by atoms with Crippen LogP contribution in [0, 0.1) is 12.8 Å². The molecule has 0 bridgehead atoms. The van der Waals surface area contributed by atoms with E-state index in [1.54, 1.807) is 0 Å². The van der Waals surface area contributed by atoms with Gasteiger partial charge >= 0.3 is 0 Å². The number of hydrogen-bond acceptors (Lipinski definition) is 4. The first-order chi connectivity index (χ1) is 13.1. The lowest BCUT2D eigenvalue weighted by Gasteiger charge is -2.42. The van der Waals surface area contributed by atoms with E-state index in [-0.39, 0.29) is 18.4 Å². The molecule has 2 aliphatic rings. The highest BCUT2D eigenvalue weighted by atomic mass is 16.3. The number of hydrogen-bond donors (Lipinski definition) is 1. The van der Waals surface area contributed by atoms with Gasteiger partial charge in [-0.1, -0.05) is 24.3 Å². The van der Waals surface area contributed by atoms with Crippen LogP contribution in [0.25, 0.3) is 0 Å². The quantitative estimate of drug-likeness (QED) is 0.830. The number of aryl methyl sites for hydroxylation is 1. The molecule has 0 aliphatic carbocycles. The van der Waals surface area contributed by atoms with Crippen molar-refractivity contribution < 1.29 is 9.90 Å². The van der Waals surface area contributed by atoms with Gasteiger partial charge in [0, 0.05) is 25.7 Å². The Balaban J connectivity index is 1.63. The van der Waals surface area contributed by atoms with Crippen LogP contribution in [0.15, 0.2) is 24.3 Å². The normalized spacial score (nSPS) is 22.7. The van der Waals surface area contributed by atoms with Crippen molar-refractivity contribution in [1.29, 1.82) is 0 Å². The molecular weight excluding hydrogens is 338 g/mol. The maximum absolute atomic E-state index is 13.3. The second kappa shape index (κ2) is 9.67. The zero-order valence-electron chi connectivity index (χ0n) is 16.9. The molecule has 150 valence electrons. The molecule has 5 heteroatoms. The fourth-order valence-corrected chi connectivity index (χ4v) is 4.54. The van der Waals surface area contributed by atoms with Crippen LogP contribution in [0.2, 0.25) is 0 Å². The molecule has 1 aromatic carbocycles. The van der Waals surface area contributed by atoms with Gasteiger partial charge in [-0.25, -0.2) is 0 Å². The third-order valence-corrected chi connectivity index (χ3v) is 6.31. The van der Waals surface area contributed by atoms with E-state index < -0.39 is 0 Å². The molecule has 27 heavy (non-hydrogen) atoms. The van der Waals surface area contributed by atoms with Crippen molar-refractivity contribution in [2.45, 2.75) is 45.2 Å². The van der Waals surface area contributed by atoms with Gasteiger partial charge in [-0.05, 0) is 70.4 Å². The number of benzene rings is 1. The van der Waals surface area contributed by atoms with Crippen LogP contribution in [0.1, 0.15) is 36.8 Å². The molecule has 1 aromatic rings. The first kappa shape index (κ1) is 20.3. The number of carbonyl (C=O) groups excluding carboxylic acids is 1. The Morgan fingerprint density at radius 2 is 1.93 bits per heavy atom. The minimum Gasteiger partial charge on any atom is -0.395 e. The number of amides is 1. The summed E-state index contributed by atoms with van der Waals surface area (Å²) < 4.78 is 0. The Kier molecular flexibility index (Phi) is 7.27. The van der Waals surface area contributed by atoms with Crippen molar-refractivity contribution in [2.75, 3.05) is 46.4 Å². The molecule has 1 amide bonds. The summed E-state index contributed by atoms with van der Waals surface area (Å²) in [6.07, 6.45) is 4.49. The van der Waals surface area contributed by atoms with Crippen molar-refractivity contribution in [3.63, 3.8) is 0 Å². The predicted molar refractivity (Wildman–Crippen MR) is 108 cm³/mol. The monoisotopic (exact) mass is 373 g/mol. The summed E-state index contributed by atoms with van der Waals surface area (Å²) in [5.74, 6) is 0.277. The highest BCUT2D eigenvalue weighted by Crippen LogP contribution is 2.25. The minimum absolute atomic E-state index is 0.0169. The molecule has 0 spiro atoms. The smallest absolute Gasteiger partial charge is 0.227 e. The maximum atomic E-state index is 13.3. The average Bonchev–Trinajstić information content (AvgIpc) is 2.69. The second-order valence-electron chi connectivity index (χ2n) is 8.28. The number of aliphatic hydroxyl groups excluding tert-OH is 1. The Labute approximate surface area is 163 Å². The van der Waals surface area contributed by atoms with E-state index in [2.05, 4.69) is 35.9 Å². The fraction of sp³-hybridized carbons (Fsp3) is 0.682. The summed E-state index contributed by atoms with van der Waals surface area (Å²) in [4.78, 5) is 20.1. The molecule has 0 unspecified atom stereocenters. The molecule has 5 nitrogen and oxygen atoms in total. The zero-order valence-corrected chi connectivity index (χ0v) is 16.9. The molecule has 2 aliphatic heterocycles. The van der Waals surface area contributed by atoms with Crippen molar-refractivity contribution in [2.24, 2.45) is 5.92 Å². The van der Waals surface area contributed by atoms with Crippen LogP contribution < -0.4 is 0 Å². The van der Waals surface area contributed by atoms with Crippen molar-refractivity contribution in [1.82, 2.24) is 14.7 Å². The summed E-state index contributed by atoms with van der Waals surface area (Å²) >= 11 is 0. The third-order valence-electron chi connectivity index (χ3n) is 6.31. The van der Waals surface area contributed by atoms with Crippen LogP contribution >= 0.6 is 0 Å². The molecule has 2 saturated heterocycles. The molecule has 1 N–H and O–H groups in total. The van der Waals surface area contributed by atoms with Crippen LogP contribution in [0.4, 0.5) is 0 Å². The summed E-state index contributed by atoms with van der Waals surface area (Å²) in [6, 6.07) is 8.83. The zero-order chi connectivity index (χ0) is 19.2. The number of piperidine rings is 2. The molecule has 2 heterocycles. The van der Waals surface area contributed by atoms with Crippen LogP contribution in [-0.2, 0) is 11.3 Å². The Morgan fingerprint density at radius 1 is 1.19 bits per heavy atom. The minimum atomic E-state index is 0.0169. The van der Waals surface area contributed by atoms with E-state index in [4.69, 9.17) is 0 Å². The van der Waals surface area contributed by atoms with Gasteiger partial charge < -0.3 is 14.9 Å². The average molecular weight is 374 g/mol. The van der Waals surface area contributed by atoms with Gasteiger partial charge in [-0.3, -0.25) is 9.69 Å². The van der Waals surface area contributed by atoms with E-state index in [9.17, 15) is 9.90 Å². The van der Waals surface area contributed by atoms with E-state index in [1.807, 2.05) is 17.0 Å². The Morgan fingerprint density at radius 3 is 2.63 bits per heavy atom. The lowest BCUT2D eigenvalue weighted by Crippen LogP contribution is -2.51. The number of aliphatic hydroxyl groups is 1. The third kappa shape index (κ3) is 5.31. The fourth-order valence-electron chi connectivity index (χ4n) is 4.54. The topological polar surface area (TPSA) is 47.0 Å². The maximum Gasteiger partial charge on any atom is 0.227 e. The van der Waals surface area contributed by atoms with Gasteiger partial charge in [0.25, 0.3) is 0 Å². The summed E-state index contributed by atoms with van der Waals surface area (Å²) in [6.45, 7) is 7.42. The Hall–Kier alpha value is -1.43. The molecule has 1 atom stereocenters. The van der Waals surface area contributed by atoms with Crippen molar-refractivity contribution >= 4 is 5.91 Å². The van der Waals surface area contributed by atoms with E-state index in [0.29, 0.717) is 19.1 Å². The van der Waals surface area contributed by atoms with Crippen LogP contribution in [0.3, 0.4) is 0 Å².